The van der Waals surface area contributed by atoms with Gasteiger partial charge in [0.15, 0.2) is 6.61 Å². The van der Waals surface area contributed by atoms with Gasteiger partial charge >= 0.3 is 11.9 Å². The molecule has 2 N–H and O–H groups in total. The van der Waals surface area contributed by atoms with Gasteiger partial charge in [0, 0.05) is 6.07 Å². The Labute approximate surface area is 101 Å². The molecule has 0 aliphatic carbocycles. The van der Waals surface area contributed by atoms with E-state index in [-0.39, 0.29) is 6.61 Å². The van der Waals surface area contributed by atoms with Gasteiger partial charge in [-0.15, -0.1) is 0 Å². The monoisotopic (exact) mass is 259 g/mol. The van der Waals surface area contributed by atoms with E-state index in [9.17, 15) is 18.4 Å². The molecule has 0 atom stereocenters. The minimum atomic E-state index is -1.17. The highest BCUT2D eigenvalue weighted by Gasteiger charge is 2.17. The largest absolute Gasteiger partial charge is 0.463 e. The lowest BCUT2D eigenvalue weighted by Gasteiger charge is -2.06. The number of nitrogen functional groups attached to an aromatic ring is 1. The summed E-state index contributed by atoms with van der Waals surface area (Å²) in [7, 11) is 0. The molecule has 0 spiro atoms. The van der Waals surface area contributed by atoms with E-state index in [0.717, 1.165) is 0 Å². The van der Waals surface area contributed by atoms with Crippen LogP contribution in [0.3, 0.4) is 0 Å². The second kappa shape index (κ2) is 5.95. The average Bonchev–Trinajstić information content (AvgIpc) is 2.31. The number of carbonyl (C=O) groups excluding carboxylic acids is 2. The number of anilines is 1. The number of hydrogen-bond donors (Lipinski definition) is 1. The smallest absolute Gasteiger partial charge is 0.344 e. The first-order valence-electron chi connectivity index (χ1n) is 5.03. The predicted molar refractivity (Wildman–Crippen MR) is 57.7 cm³/mol. The van der Waals surface area contributed by atoms with Crippen LogP contribution in [0.4, 0.5) is 14.5 Å². The first-order valence-corrected chi connectivity index (χ1v) is 5.03. The summed E-state index contributed by atoms with van der Waals surface area (Å²) >= 11 is 0. The summed E-state index contributed by atoms with van der Waals surface area (Å²) in [6.07, 6.45) is 0. The molecule has 1 aromatic carbocycles. The van der Waals surface area contributed by atoms with Crippen LogP contribution in [0, 0.1) is 11.6 Å². The molecule has 0 fully saturated rings. The third-order valence-corrected chi connectivity index (χ3v) is 1.93. The van der Waals surface area contributed by atoms with Gasteiger partial charge in [-0.3, -0.25) is 0 Å². The predicted octanol–water partition coefficient (Wildman–Crippen LogP) is 1.27. The van der Waals surface area contributed by atoms with Gasteiger partial charge in [-0.25, -0.2) is 18.4 Å². The molecule has 1 rings (SSSR count). The molecule has 0 bridgehead atoms. The maximum atomic E-state index is 13.3. The minimum Gasteiger partial charge on any atom is -0.463 e. The molecule has 7 heteroatoms. The van der Waals surface area contributed by atoms with Gasteiger partial charge in [0.25, 0.3) is 0 Å². The van der Waals surface area contributed by atoms with Crippen molar-refractivity contribution in [1.82, 2.24) is 0 Å². The number of nitrogens with two attached hydrogens (primary N) is 1. The Morgan fingerprint density at radius 2 is 1.89 bits per heavy atom. The van der Waals surface area contributed by atoms with Gasteiger partial charge < -0.3 is 15.2 Å². The highest BCUT2D eigenvalue weighted by molar-refractivity contribution is 5.91. The van der Waals surface area contributed by atoms with Crippen molar-refractivity contribution < 1.29 is 27.8 Å². The number of halogens is 2. The Balaban J connectivity index is 2.73. The van der Waals surface area contributed by atoms with Crippen LogP contribution in [-0.2, 0) is 14.3 Å². The fourth-order valence-electron chi connectivity index (χ4n) is 1.12. The summed E-state index contributed by atoms with van der Waals surface area (Å²) in [6, 6.07) is 1.27. The van der Waals surface area contributed by atoms with E-state index >= 15 is 0 Å². The third kappa shape index (κ3) is 3.41. The van der Waals surface area contributed by atoms with Crippen molar-refractivity contribution in [2.45, 2.75) is 6.92 Å². The Hall–Kier alpha value is -2.18. The number of carbonyl (C=O) groups is 2. The summed E-state index contributed by atoms with van der Waals surface area (Å²) in [5.74, 6) is -3.91. The van der Waals surface area contributed by atoms with Crippen molar-refractivity contribution in [2.75, 3.05) is 18.9 Å². The van der Waals surface area contributed by atoms with Crippen molar-refractivity contribution in [2.24, 2.45) is 0 Å². The zero-order chi connectivity index (χ0) is 13.7. The molecule has 0 radical (unpaired) electrons. The van der Waals surface area contributed by atoms with E-state index in [1.807, 2.05) is 0 Å². The van der Waals surface area contributed by atoms with Crippen LogP contribution in [-0.4, -0.2) is 25.2 Å². The van der Waals surface area contributed by atoms with E-state index in [1.165, 1.54) is 0 Å². The molecule has 5 nitrogen and oxygen atoms in total. The third-order valence-electron chi connectivity index (χ3n) is 1.93. The average molecular weight is 259 g/mol. The lowest BCUT2D eigenvalue weighted by molar-refractivity contribution is -0.146. The number of rotatable bonds is 4. The van der Waals surface area contributed by atoms with Crippen LogP contribution in [0.1, 0.15) is 17.3 Å². The quantitative estimate of drug-likeness (QED) is 0.650. The summed E-state index contributed by atoms with van der Waals surface area (Å²) in [5.41, 5.74) is 4.06. The van der Waals surface area contributed by atoms with E-state index in [2.05, 4.69) is 9.47 Å². The summed E-state index contributed by atoms with van der Waals surface area (Å²) in [5, 5.41) is 0. The number of hydrogen-bond acceptors (Lipinski definition) is 5. The number of benzene rings is 1. The Morgan fingerprint density at radius 3 is 2.50 bits per heavy atom. The fourth-order valence-corrected chi connectivity index (χ4v) is 1.12. The minimum absolute atomic E-state index is 0.126. The molecule has 0 amide bonds. The summed E-state index contributed by atoms with van der Waals surface area (Å²) in [4.78, 5) is 22.3. The molecule has 0 saturated carbocycles. The van der Waals surface area contributed by atoms with Crippen LogP contribution in [0.5, 0.6) is 0 Å². The zero-order valence-electron chi connectivity index (χ0n) is 9.54. The van der Waals surface area contributed by atoms with Crippen molar-refractivity contribution in [1.29, 1.82) is 0 Å². The summed E-state index contributed by atoms with van der Waals surface area (Å²) in [6.45, 7) is 1.04. The molecule has 0 heterocycles. The molecule has 18 heavy (non-hydrogen) atoms. The van der Waals surface area contributed by atoms with Gasteiger partial charge in [0.1, 0.15) is 11.6 Å². The molecular weight excluding hydrogens is 248 g/mol. The summed E-state index contributed by atoms with van der Waals surface area (Å²) < 4.78 is 35.3. The zero-order valence-corrected chi connectivity index (χ0v) is 9.54. The standard InChI is InChI=1S/C11H11F2NO4/c1-2-17-10(15)5-18-11(16)6-3-8(13)9(14)4-7(6)12/h3-4H,2,5,14H2,1H3. The molecular formula is C11H11F2NO4. The lowest BCUT2D eigenvalue weighted by Crippen LogP contribution is -2.17. The highest BCUT2D eigenvalue weighted by Crippen LogP contribution is 2.17. The Morgan fingerprint density at radius 1 is 1.22 bits per heavy atom. The van der Waals surface area contributed by atoms with Crippen LogP contribution < -0.4 is 5.73 Å². The lowest BCUT2D eigenvalue weighted by atomic mass is 10.2. The van der Waals surface area contributed by atoms with E-state index < -0.39 is 41.4 Å². The second-order valence-corrected chi connectivity index (χ2v) is 3.23. The van der Waals surface area contributed by atoms with Gasteiger partial charge in [0.05, 0.1) is 17.9 Å². The van der Waals surface area contributed by atoms with E-state index in [1.54, 1.807) is 6.92 Å². The first-order chi connectivity index (χ1) is 8.45. The van der Waals surface area contributed by atoms with Gasteiger partial charge in [-0.05, 0) is 13.0 Å². The fraction of sp³-hybridized carbons (Fsp3) is 0.273. The van der Waals surface area contributed by atoms with Gasteiger partial charge in [-0.1, -0.05) is 0 Å². The van der Waals surface area contributed by atoms with Crippen molar-refractivity contribution in [3.8, 4) is 0 Å². The van der Waals surface area contributed by atoms with Gasteiger partial charge in [0.2, 0.25) is 0 Å². The molecule has 0 aliphatic heterocycles. The van der Waals surface area contributed by atoms with Crippen molar-refractivity contribution >= 4 is 17.6 Å². The van der Waals surface area contributed by atoms with E-state index in [4.69, 9.17) is 5.73 Å². The maximum absolute atomic E-state index is 13.3. The molecule has 0 saturated heterocycles. The van der Waals surface area contributed by atoms with Crippen molar-refractivity contribution in [3.05, 3.63) is 29.3 Å². The number of esters is 2. The molecule has 0 aliphatic rings. The second-order valence-electron chi connectivity index (χ2n) is 3.23. The Kier molecular flexibility index (Phi) is 4.59. The molecule has 0 aromatic heterocycles. The van der Waals surface area contributed by atoms with Gasteiger partial charge in [-0.2, -0.15) is 0 Å². The molecule has 1 aromatic rings. The molecule has 0 unspecified atom stereocenters. The van der Waals surface area contributed by atoms with Crippen LogP contribution in [0.2, 0.25) is 0 Å². The molecule has 98 valence electrons. The van der Waals surface area contributed by atoms with Crippen molar-refractivity contribution in [3.63, 3.8) is 0 Å². The van der Waals surface area contributed by atoms with Crippen LogP contribution >= 0.6 is 0 Å². The Bertz CT molecular complexity index is 476. The SMILES string of the molecule is CCOC(=O)COC(=O)c1cc(F)c(N)cc1F. The van der Waals surface area contributed by atoms with Crippen LogP contribution in [0.15, 0.2) is 12.1 Å². The highest BCUT2D eigenvalue weighted by atomic mass is 19.1. The van der Waals surface area contributed by atoms with Crippen LogP contribution in [0.25, 0.3) is 0 Å². The number of ether oxygens (including phenoxy) is 2. The van der Waals surface area contributed by atoms with E-state index in [0.29, 0.717) is 12.1 Å². The first kappa shape index (κ1) is 13.9. The maximum Gasteiger partial charge on any atom is 0.344 e. The normalized spacial score (nSPS) is 9.94. The topological polar surface area (TPSA) is 78.6 Å².